The summed E-state index contributed by atoms with van der Waals surface area (Å²) >= 11 is 0. The molecular formula is C10H17NO3. The molecule has 0 aromatic rings. The van der Waals surface area contributed by atoms with Crippen LogP contribution in [0.3, 0.4) is 0 Å². The molecule has 0 spiro atoms. The summed E-state index contributed by atoms with van der Waals surface area (Å²) in [5.74, 6) is -0.498. The van der Waals surface area contributed by atoms with E-state index in [1.807, 2.05) is 6.92 Å². The van der Waals surface area contributed by atoms with Crippen molar-refractivity contribution >= 4 is 0 Å². The zero-order valence-electron chi connectivity index (χ0n) is 8.57. The van der Waals surface area contributed by atoms with Crippen LogP contribution in [0.4, 0.5) is 0 Å². The molecule has 0 radical (unpaired) electrons. The van der Waals surface area contributed by atoms with E-state index in [0.717, 1.165) is 19.7 Å². The topological polar surface area (TPSA) is 30.9 Å². The monoisotopic (exact) mass is 199 g/mol. The summed E-state index contributed by atoms with van der Waals surface area (Å²) in [5, 5.41) is 0. The molecule has 0 saturated carbocycles. The molecule has 4 nitrogen and oxygen atoms in total. The molecule has 0 bridgehead atoms. The Labute approximate surface area is 84.4 Å². The molecule has 0 unspecified atom stereocenters. The van der Waals surface area contributed by atoms with E-state index in [2.05, 4.69) is 11.5 Å². The van der Waals surface area contributed by atoms with Gasteiger partial charge in [-0.3, -0.25) is 0 Å². The maximum Gasteiger partial charge on any atom is 0.227 e. The molecule has 2 aliphatic heterocycles. The van der Waals surface area contributed by atoms with Gasteiger partial charge in [-0.05, 0) is 0 Å². The molecule has 4 heteroatoms. The number of nitrogens with zero attached hydrogens (tertiary/aromatic N) is 1. The zero-order chi connectivity index (χ0) is 10.0. The lowest BCUT2D eigenvalue weighted by atomic mass is 10.3. The second-order valence-electron chi connectivity index (χ2n) is 3.76. The number of fused-ring (bicyclic) bond motifs is 1. The Hall–Kier alpha value is -0.420. The molecule has 0 amide bonds. The van der Waals surface area contributed by atoms with Crippen LogP contribution in [0.1, 0.15) is 6.92 Å². The molecule has 2 saturated heterocycles. The van der Waals surface area contributed by atoms with Gasteiger partial charge in [0, 0.05) is 20.0 Å². The minimum absolute atomic E-state index is 0.125. The quantitative estimate of drug-likeness (QED) is 0.490. The van der Waals surface area contributed by atoms with Crippen LogP contribution in [0.2, 0.25) is 0 Å². The predicted molar refractivity (Wildman–Crippen MR) is 51.8 cm³/mol. The third-order valence-electron chi connectivity index (χ3n) is 2.65. The Morgan fingerprint density at radius 3 is 3.29 bits per heavy atom. The lowest BCUT2D eigenvalue weighted by molar-refractivity contribution is -0.235. The van der Waals surface area contributed by atoms with Crippen molar-refractivity contribution in [2.75, 3.05) is 32.9 Å². The van der Waals surface area contributed by atoms with Gasteiger partial charge >= 0.3 is 0 Å². The number of ether oxygens (including phenoxy) is 3. The molecule has 2 atom stereocenters. The highest BCUT2D eigenvalue weighted by Gasteiger charge is 2.47. The van der Waals surface area contributed by atoms with Gasteiger partial charge in [0.2, 0.25) is 5.91 Å². The van der Waals surface area contributed by atoms with Crippen LogP contribution in [-0.4, -0.2) is 49.8 Å². The number of hydrogen-bond donors (Lipinski definition) is 0. The summed E-state index contributed by atoms with van der Waals surface area (Å²) in [7, 11) is 0. The van der Waals surface area contributed by atoms with E-state index in [9.17, 15) is 0 Å². The van der Waals surface area contributed by atoms with Crippen LogP contribution < -0.4 is 0 Å². The van der Waals surface area contributed by atoms with E-state index in [0.29, 0.717) is 13.2 Å². The first-order valence-corrected chi connectivity index (χ1v) is 5.00. The van der Waals surface area contributed by atoms with Crippen molar-refractivity contribution in [2.45, 2.75) is 18.9 Å². The zero-order valence-corrected chi connectivity index (χ0v) is 8.57. The van der Waals surface area contributed by atoms with Gasteiger partial charge in [0.25, 0.3) is 0 Å². The largest absolute Gasteiger partial charge is 0.375 e. The molecule has 2 rings (SSSR count). The fourth-order valence-electron chi connectivity index (χ4n) is 1.97. The van der Waals surface area contributed by atoms with Crippen molar-refractivity contribution in [1.29, 1.82) is 0 Å². The molecule has 14 heavy (non-hydrogen) atoms. The average molecular weight is 199 g/mol. The molecule has 0 N–H and O–H groups in total. The third-order valence-corrected chi connectivity index (χ3v) is 2.65. The van der Waals surface area contributed by atoms with Crippen molar-refractivity contribution in [1.82, 2.24) is 4.90 Å². The number of hydrogen-bond acceptors (Lipinski definition) is 4. The fourth-order valence-corrected chi connectivity index (χ4v) is 1.97. The highest BCUT2D eigenvalue weighted by molar-refractivity contribution is 4.85. The Bertz CT molecular complexity index is 221. The summed E-state index contributed by atoms with van der Waals surface area (Å²) in [6.07, 6.45) is 1.87. The van der Waals surface area contributed by atoms with E-state index in [4.69, 9.17) is 14.2 Å². The van der Waals surface area contributed by atoms with Crippen LogP contribution in [-0.2, 0) is 14.2 Å². The Morgan fingerprint density at radius 1 is 1.71 bits per heavy atom. The molecular weight excluding hydrogens is 182 g/mol. The van der Waals surface area contributed by atoms with Gasteiger partial charge < -0.3 is 14.2 Å². The van der Waals surface area contributed by atoms with Crippen LogP contribution >= 0.6 is 0 Å². The Kier molecular flexibility index (Phi) is 2.88. The van der Waals surface area contributed by atoms with Gasteiger partial charge in [-0.2, -0.15) is 0 Å². The van der Waals surface area contributed by atoms with Crippen molar-refractivity contribution < 1.29 is 14.2 Å². The van der Waals surface area contributed by atoms with E-state index >= 15 is 0 Å². The van der Waals surface area contributed by atoms with Crippen molar-refractivity contribution in [2.24, 2.45) is 0 Å². The fraction of sp³-hybridized carbons (Fsp3) is 0.800. The van der Waals surface area contributed by atoms with Gasteiger partial charge in [0.1, 0.15) is 0 Å². The standard InChI is InChI=1S/C10H17NO3/c1-3-5-12-8-9-7-11-4-6-13-10(11,2)14-9/h3,9H,1,4-8H2,2H3/t9-,10+/m0/s1. The molecule has 2 heterocycles. The van der Waals surface area contributed by atoms with Crippen LogP contribution in [0.25, 0.3) is 0 Å². The van der Waals surface area contributed by atoms with E-state index in [1.54, 1.807) is 6.08 Å². The first-order valence-electron chi connectivity index (χ1n) is 5.00. The Balaban J connectivity index is 1.80. The summed E-state index contributed by atoms with van der Waals surface area (Å²) in [4.78, 5) is 2.20. The minimum atomic E-state index is -0.498. The molecule has 0 aliphatic carbocycles. The van der Waals surface area contributed by atoms with E-state index < -0.39 is 5.91 Å². The van der Waals surface area contributed by atoms with Crippen LogP contribution in [0.15, 0.2) is 12.7 Å². The highest BCUT2D eigenvalue weighted by atomic mass is 16.7. The predicted octanol–water partition coefficient (Wildman–Crippen LogP) is 0.594. The SMILES string of the molecule is C=CCOC[C@@H]1CN2CCO[C@]2(C)O1. The summed E-state index contributed by atoms with van der Waals surface area (Å²) in [6.45, 7) is 9.36. The Morgan fingerprint density at radius 2 is 2.57 bits per heavy atom. The molecule has 2 fully saturated rings. The summed E-state index contributed by atoms with van der Waals surface area (Å²) in [6, 6.07) is 0. The van der Waals surface area contributed by atoms with Crippen LogP contribution in [0, 0.1) is 0 Å². The van der Waals surface area contributed by atoms with Crippen LogP contribution in [0.5, 0.6) is 0 Å². The van der Waals surface area contributed by atoms with Gasteiger partial charge in [-0.25, -0.2) is 4.90 Å². The first kappa shape index (κ1) is 10.1. The van der Waals surface area contributed by atoms with Gasteiger partial charge in [-0.15, -0.1) is 6.58 Å². The molecule has 0 aromatic carbocycles. The minimum Gasteiger partial charge on any atom is -0.375 e. The smallest absolute Gasteiger partial charge is 0.227 e. The summed E-state index contributed by atoms with van der Waals surface area (Å²) < 4.78 is 16.6. The number of rotatable bonds is 4. The van der Waals surface area contributed by atoms with Gasteiger partial charge in [0.05, 0.1) is 25.9 Å². The maximum atomic E-state index is 5.76. The average Bonchev–Trinajstić information content (AvgIpc) is 2.59. The van der Waals surface area contributed by atoms with Crippen molar-refractivity contribution in [3.05, 3.63) is 12.7 Å². The third kappa shape index (κ3) is 1.83. The normalized spacial score (nSPS) is 37.4. The lowest BCUT2D eigenvalue weighted by Gasteiger charge is -2.23. The van der Waals surface area contributed by atoms with Gasteiger partial charge in [0.15, 0.2) is 0 Å². The maximum absolute atomic E-state index is 5.76. The highest BCUT2D eigenvalue weighted by Crippen LogP contribution is 2.32. The lowest BCUT2D eigenvalue weighted by Crippen LogP contribution is -2.37. The van der Waals surface area contributed by atoms with E-state index in [-0.39, 0.29) is 6.10 Å². The molecule has 2 aliphatic rings. The first-order chi connectivity index (χ1) is 6.74. The van der Waals surface area contributed by atoms with Gasteiger partial charge in [-0.1, -0.05) is 6.08 Å². The van der Waals surface area contributed by atoms with E-state index in [1.165, 1.54) is 0 Å². The molecule has 80 valence electrons. The van der Waals surface area contributed by atoms with Crippen molar-refractivity contribution in [3.8, 4) is 0 Å². The molecule has 0 aromatic heterocycles. The second kappa shape index (κ2) is 3.98. The summed E-state index contributed by atoms with van der Waals surface area (Å²) in [5.41, 5.74) is 0. The van der Waals surface area contributed by atoms with Crippen molar-refractivity contribution in [3.63, 3.8) is 0 Å². The second-order valence-corrected chi connectivity index (χ2v) is 3.76.